The van der Waals surface area contributed by atoms with E-state index in [9.17, 15) is 18.0 Å². The van der Waals surface area contributed by atoms with E-state index in [1.165, 1.54) is 27.8 Å². The summed E-state index contributed by atoms with van der Waals surface area (Å²) in [4.78, 5) is 29.9. The van der Waals surface area contributed by atoms with Crippen LogP contribution in [0.25, 0.3) is 10.8 Å². The molecule has 2 fully saturated rings. The first-order valence-electron chi connectivity index (χ1n) is 12.1. The predicted molar refractivity (Wildman–Crippen MR) is 137 cm³/mol. The number of hydrogen-bond donors (Lipinski definition) is 0. The molecule has 5 rings (SSSR count). The molecule has 3 aromatic rings. The van der Waals surface area contributed by atoms with Crippen molar-refractivity contribution in [2.45, 2.75) is 36.9 Å². The van der Waals surface area contributed by atoms with Gasteiger partial charge in [-0.1, -0.05) is 23.7 Å². The van der Waals surface area contributed by atoms with Crippen molar-refractivity contribution in [1.29, 1.82) is 0 Å². The molecule has 2 amide bonds. The number of halogens is 1. The van der Waals surface area contributed by atoms with Crippen LogP contribution >= 0.6 is 11.6 Å². The van der Waals surface area contributed by atoms with Gasteiger partial charge in [-0.05, 0) is 54.4 Å². The summed E-state index contributed by atoms with van der Waals surface area (Å²) in [6.07, 6.45) is 3.21. The summed E-state index contributed by atoms with van der Waals surface area (Å²) in [6, 6.07) is 10.1. The van der Waals surface area contributed by atoms with Crippen LogP contribution in [0.1, 0.15) is 18.9 Å². The molecule has 1 unspecified atom stereocenters. The number of sulfonamides is 1. The number of carbonyl (C=O) groups is 2. The van der Waals surface area contributed by atoms with Crippen LogP contribution in [0, 0.1) is 0 Å². The Balaban J connectivity index is 1.44. The zero-order chi connectivity index (χ0) is 26.2. The molecule has 0 saturated carbocycles. The average Bonchev–Trinajstić information content (AvgIpc) is 3.56. The van der Waals surface area contributed by atoms with Crippen LogP contribution in [0.15, 0.2) is 64.3 Å². The van der Waals surface area contributed by atoms with Gasteiger partial charge in [0.25, 0.3) is 0 Å². The van der Waals surface area contributed by atoms with E-state index in [2.05, 4.69) is 0 Å². The van der Waals surface area contributed by atoms with Crippen molar-refractivity contribution in [3.63, 3.8) is 0 Å². The monoisotopic (exact) mass is 545 g/mol. The summed E-state index contributed by atoms with van der Waals surface area (Å²) in [5.41, 5.74) is 0.625. The molecule has 9 nitrogen and oxygen atoms in total. The Kier molecular flexibility index (Phi) is 7.26. The van der Waals surface area contributed by atoms with Gasteiger partial charge in [0.15, 0.2) is 0 Å². The van der Waals surface area contributed by atoms with Gasteiger partial charge < -0.3 is 19.0 Å². The normalized spacial score (nSPS) is 19.6. The highest BCUT2D eigenvalue weighted by Crippen LogP contribution is 2.30. The molecule has 2 aliphatic heterocycles. The Bertz CT molecular complexity index is 1400. The highest BCUT2D eigenvalue weighted by Gasteiger charge is 2.45. The van der Waals surface area contributed by atoms with Gasteiger partial charge in [0.1, 0.15) is 12.1 Å². The van der Waals surface area contributed by atoms with Gasteiger partial charge in [-0.25, -0.2) is 8.42 Å². The van der Waals surface area contributed by atoms with E-state index in [4.69, 9.17) is 20.8 Å². The van der Waals surface area contributed by atoms with Gasteiger partial charge in [-0.15, -0.1) is 0 Å². The lowest BCUT2D eigenvalue weighted by Crippen LogP contribution is -2.53. The Hall–Kier alpha value is -2.92. The lowest BCUT2D eigenvalue weighted by Gasteiger charge is -2.33. The first-order chi connectivity index (χ1) is 17.8. The van der Waals surface area contributed by atoms with Crippen molar-refractivity contribution in [2.24, 2.45) is 0 Å². The number of morpholine rings is 1. The molecule has 2 saturated heterocycles. The average molecular weight is 546 g/mol. The fourth-order valence-electron chi connectivity index (χ4n) is 4.94. The molecule has 0 radical (unpaired) electrons. The molecule has 0 N–H and O–H groups in total. The SMILES string of the molecule is C[C@@H](C(=O)N1CCOCC1)N1CCC(N(Cc2ccoc2)S(=O)(=O)c2ccc3cc(Cl)ccc3c2)C1=O. The fraction of sp³-hybridized carbons (Fsp3) is 0.385. The highest BCUT2D eigenvalue weighted by molar-refractivity contribution is 7.89. The number of amides is 2. The number of ether oxygens (including phenoxy) is 1. The number of likely N-dealkylation sites (tertiary alicyclic amines) is 1. The van der Waals surface area contributed by atoms with Crippen LogP contribution in [0.2, 0.25) is 5.02 Å². The van der Waals surface area contributed by atoms with Crippen LogP contribution in [-0.2, 0) is 30.9 Å². The molecule has 0 aliphatic carbocycles. The third kappa shape index (κ3) is 5.11. The Morgan fingerprint density at radius 3 is 2.57 bits per heavy atom. The lowest BCUT2D eigenvalue weighted by molar-refractivity contribution is -0.146. The minimum Gasteiger partial charge on any atom is -0.472 e. The summed E-state index contributed by atoms with van der Waals surface area (Å²) >= 11 is 6.08. The van der Waals surface area contributed by atoms with Crippen molar-refractivity contribution < 1.29 is 27.2 Å². The van der Waals surface area contributed by atoms with Gasteiger partial charge >= 0.3 is 0 Å². The van der Waals surface area contributed by atoms with Gasteiger partial charge in [0, 0.05) is 36.8 Å². The summed E-state index contributed by atoms with van der Waals surface area (Å²) in [5.74, 6) is -0.538. The number of furan rings is 1. The summed E-state index contributed by atoms with van der Waals surface area (Å²) in [5, 5.41) is 2.09. The van der Waals surface area contributed by atoms with Gasteiger partial charge in [0.2, 0.25) is 21.8 Å². The number of nitrogens with zero attached hydrogens (tertiary/aromatic N) is 3. The minimum absolute atomic E-state index is 0.0342. The number of rotatable bonds is 7. The molecule has 2 aliphatic rings. The smallest absolute Gasteiger partial charge is 0.245 e. The summed E-state index contributed by atoms with van der Waals surface area (Å²) in [6.45, 7) is 3.82. The second kappa shape index (κ2) is 10.4. The maximum atomic E-state index is 14.0. The Morgan fingerprint density at radius 1 is 1.11 bits per heavy atom. The van der Waals surface area contributed by atoms with E-state index >= 15 is 0 Å². The maximum Gasteiger partial charge on any atom is 0.245 e. The molecule has 3 heterocycles. The van der Waals surface area contributed by atoms with Gasteiger partial charge in [-0.3, -0.25) is 9.59 Å². The molecular formula is C26H28ClN3O6S. The van der Waals surface area contributed by atoms with Crippen LogP contribution in [0.3, 0.4) is 0 Å². The number of hydrogen-bond acceptors (Lipinski definition) is 6. The molecule has 0 spiro atoms. The quantitative estimate of drug-likeness (QED) is 0.452. The van der Waals surface area contributed by atoms with Crippen LogP contribution in [0.4, 0.5) is 0 Å². The van der Waals surface area contributed by atoms with Crippen molar-refractivity contribution in [3.05, 3.63) is 65.6 Å². The molecule has 2 aromatic carbocycles. The number of carbonyl (C=O) groups excluding carboxylic acids is 2. The second-order valence-corrected chi connectivity index (χ2v) is 11.6. The fourth-order valence-corrected chi connectivity index (χ4v) is 6.75. The van der Waals surface area contributed by atoms with E-state index in [0.29, 0.717) is 36.9 Å². The first-order valence-corrected chi connectivity index (χ1v) is 14.0. The standard InChI is InChI=1S/C26H28ClN3O6S/c1-18(25(31)28-9-12-35-13-10-28)29-8-6-24(26(29)32)30(16-19-7-11-36-17-19)37(33,34)23-5-3-20-14-22(27)4-2-21(20)15-23/h2-5,7,11,14-15,17-18,24H,6,8-10,12-13,16H2,1H3/t18-,24?/m0/s1. The molecule has 1 aromatic heterocycles. The van der Waals surface area contributed by atoms with Gasteiger partial charge in [-0.2, -0.15) is 4.31 Å². The van der Waals surface area contributed by atoms with Gasteiger partial charge in [0.05, 0.1) is 30.6 Å². The predicted octanol–water partition coefficient (Wildman–Crippen LogP) is 3.13. The van der Waals surface area contributed by atoms with Crippen molar-refractivity contribution in [1.82, 2.24) is 14.1 Å². The van der Waals surface area contributed by atoms with Crippen LogP contribution in [0.5, 0.6) is 0 Å². The zero-order valence-corrected chi connectivity index (χ0v) is 22.0. The molecule has 37 heavy (non-hydrogen) atoms. The van der Waals surface area contributed by atoms with E-state index < -0.39 is 22.1 Å². The highest BCUT2D eigenvalue weighted by atomic mass is 35.5. The topological polar surface area (TPSA) is 100 Å². The molecule has 196 valence electrons. The third-order valence-electron chi connectivity index (χ3n) is 7.01. The first kappa shape index (κ1) is 25.7. The van der Waals surface area contributed by atoms with E-state index in [1.807, 2.05) is 0 Å². The second-order valence-electron chi connectivity index (χ2n) is 9.28. The van der Waals surface area contributed by atoms with Crippen LogP contribution in [-0.4, -0.2) is 79.3 Å². The molecule has 0 bridgehead atoms. The van der Waals surface area contributed by atoms with Crippen molar-refractivity contribution >= 4 is 44.2 Å². The number of benzene rings is 2. The van der Waals surface area contributed by atoms with Crippen LogP contribution < -0.4 is 0 Å². The lowest BCUT2D eigenvalue weighted by atomic mass is 10.1. The van der Waals surface area contributed by atoms with E-state index in [1.54, 1.807) is 48.2 Å². The van der Waals surface area contributed by atoms with Crippen molar-refractivity contribution in [3.8, 4) is 0 Å². The molecule has 2 atom stereocenters. The zero-order valence-electron chi connectivity index (χ0n) is 20.4. The Labute approximate surface area is 220 Å². The molecule has 11 heteroatoms. The minimum atomic E-state index is -4.09. The van der Waals surface area contributed by atoms with Crippen molar-refractivity contribution in [2.75, 3.05) is 32.8 Å². The maximum absolute atomic E-state index is 14.0. The van der Waals surface area contributed by atoms with E-state index in [-0.39, 0.29) is 36.2 Å². The number of fused-ring (bicyclic) bond motifs is 1. The summed E-state index contributed by atoms with van der Waals surface area (Å²) < 4.78 is 39.6. The van der Waals surface area contributed by atoms with E-state index in [0.717, 1.165) is 10.8 Å². The summed E-state index contributed by atoms with van der Waals surface area (Å²) in [7, 11) is -4.09. The third-order valence-corrected chi connectivity index (χ3v) is 9.09. The molecular weight excluding hydrogens is 518 g/mol. The Morgan fingerprint density at radius 2 is 1.84 bits per heavy atom. The largest absolute Gasteiger partial charge is 0.472 e.